The lowest BCUT2D eigenvalue weighted by Crippen LogP contribution is -2.30. The summed E-state index contributed by atoms with van der Waals surface area (Å²) in [7, 11) is 2.14. The number of aromatic hydroxyl groups is 1. The molecular weight excluding hydrogens is 214 g/mol. The zero-order valence-electron chi connectivity index (χ0n) is 10.2. The maximum Gasteiger partial charge on any atom is 0.138 e. The minimum absolute atomic E-state index is 0.338. The van der Waals surface area contributed by atoms with E-state index in [-0.39, 0.29) is 0 Å². The number of phenolic OH excluding ortho intramolecular Hbond substituents is 1. The zero-order valence-corrected chi connectivity index (χ0v) is 10.2. The van der Waals surface area contributed by atoms with Gasteiger partial charge in [0.25, 0.3) is 0 Å². The summed E-state index contributed by atoms with van der Waals surface area (Å²) in [5, 5.41) is 10.9. The maximum absolute atomic E-state index is 9.97. The van der Waals surface area contributed by atoms with Crippen molar-refractivity contribution in [1.29, 1.82) is 0 Å². The molecule has 1 aromatic heterocycles. The quantitative estimate of drug-likeness (QED) is 0.757. The second kappa shape index (κ2) is 3.77. The van der Waals surface area contributed by atoms with Gasteiger partial charge in [0.1, 0.15) is 17.1 Å². The minimum Gasteiger partial charge on any atom is -0.507 e. The third-order valence-corrected chi connectivity index (χ3v) is 3.82. The molecule has 0 bridgehead atoms. The van der Waals surface area contributed by atoms with Gasteiger partial charge in [-0.05, 0) is 32.5 Å². The van der Waals surface area contributed by atoms with Crippen LogP contribution < -0.4 is 0 Å². The molecule has 0 aliphatic carbocycles. The summed E-state index contributed by atoms with van der Waals surface area (Å²) in [6.07, 6.45) is 1.86. The Morgan fingerprint density at radius 1 is 1.41 bits per heavy atom. The molecule has 3 nitrogen and oxygen atoms in total. The topological polar surface area (TPSA) is 36.6 Å². The second-order valence-electron chi connectivity index (χ2n) is 4.94. The molecular formula is C14H17NO2. The molecule has 1 aliphatic heterocycles. The van der Waals surface area contributed by atoms with Crippen molar-refractivity contribution in [3.8, 4) is 5.75 Å². The monoisotopic (exact) mass is 231 g/mol. The van der Waals surface area contributed by atoms with Crippen molar-refractivity contribution in [2.45, 2.75) is 25.8 Å². The number of hydrogen-bond donors (Lipinski definition) is 1. The first kappa shape index (κ1) is 10.7. The van der Waals surface area contributed by atoms with Crippen molar-refractivity contribution < 1.29 is 9.52 Å². The molecule has 3 heteroatoms. The number of fused-ring (bicyclic) bond motifs is 3. The van der Waals surface area contributed by atoms with E-state index >= 15 is 0 Å². The number of phenols is 1. The van der Waals surface area contributed by atoms with E-state index in [0.717, 1.165) is 36.1 Å². The molecule has 0 amide bonds. The number of furan rings is 1. The van der Waals surface area contributed by atoms with Crippen molar-refractivity contribution in [3.05, 3.63) is 29.5 Å². The fourth-order valence-corrected chi connectivity index (χ4v) is 2.60. The first-order valence-corrected chi connectivity index (χ1v) is 6.09. The third-order valence-electron chi connectivity index (χ3n) is 3.82. The Bertz CT molecular complexity index is 559. The first-order chi connectivity index (χ1) is 8.16. The molecule has 2 heterocycles. The molecule has 0 fully saturated rings. The second-order valence-corrected chi connectivity index (χ2v) is 4.94. The molecule has 0 saturated carbocycles. The van der Waals surface area contributed by atoms with Crippen LogP contribution in [-0.4, -0.2) is 29.6 Å². The highest BCUT2D eigenvalue weighted by atomic mass is 16.3. The van der Waals surface area contributed by atoms with E-state index in [9.17, 15) is 5.11 Å². The lowest BCUT2D eigenvalue weighted by Gasteiger charge is -2.20. The van der Waals surface area contributed by atoms with E-state index < -0.39 is 0 Å². The molecule has 2 aromatic rings. The fourth-order valence-electron chi connectivity index (χ4n) is 2.60. The molecule has 0 saturated heterocycles. The number of rotatable bonds is 0. The molecule has 17 heavy (non-hydrogen) atoms. The van der Waals surface area contributed by atoms with E-state index in [1.54, 1.807) is 6.07 Å². The Kier molecular flexibility index (Phi) is 2.37. The molecule has 1 unspecified atom stereocenters. The van der Waals surface area contributed by atoms with Crippen LogP contribution in [0.4, 0.5) is 0 Å². The number of benzene rings is 1. The van der Waals surface area contributed by atoms with Crippen LogP contribution in [0, 0.1) is 0 Å². The van der Waals surface area contributed by atoms with Gasteiger partial charge in [0.15, 0.2) is 0 Å². The van der Waals surface area contributed by atoms with Crippen LogP contribution in [0.1, 0.15) is 18.2 Å². The summed E-state index contributed by atoms with van der Waals surface area (Å²) in [4.78, 5) is 2.33. The largest absolute Gasteiger partial charge is 0.507 e. The lowest BCUT2D eigenvalue weighted by atomic mass is 10.1. The summed E-state index contributed by atoms with van der Waals surface area (Å²) >= 11 is 0. The van der Waals surface area contributed by atoms with Crippen molar-refractivity contribution >= 4 is 11.0 Å². The van der Waals surface area contributed by atoms with Crippen LogP contribution in [0.25, 0.3) is 11.0 Å². The van der Waals surface area contributed by atoms with Crippen molar-refractivity contribution in [2.24, 2.45) is 0 Å². The highest BCUT2D eigenvalue weighted by Gasteiger charge is 2.24. The van der Waals surface area contributed by atoms with Gasteiger partial charge in [-0.15, -0.1) is 0 Å². The number of likely N-dealkylation sites (N-methyl/N-ethyl adjacent to an activating group) is 1. The van der Waals surface area contributed by atoms with Crippen LogP contribution in [0.3, 0.4) is 0 Å². The van der Waals surface area contributed by atoms with Gasteiger partial charge in [0.2, 0.25) is 0 Å². The minimum atomic E-state index is 0.338. The Morgan fingerprint density at radius 3 is 3.06 bits per heavy atom. The third kappa shape index (κ3) is 1.62. The van der Waals surface area contributed by atoms with Gasteiger partial charge in [0.05, 0.1) is 5.39 Å². The molecule has 1 atom stereocenters. The van der Waals surface area contributed by atoms with Gasteiger partial charge in [-0.1, -0.05) is 6.07 Å². The maximum atomic E-state index is 9.97. The Balaban J connectivity index is 2.19. The average molecular weight is 231 g/mol. The SMILES string of the molecule is CC1Cc2oc3cccc(O)c3c2CCN1C. The fraction of sp³-hybridized carbons (Fsp3) is 0.429. The van der Waals surface area contributed by atoms with Crippen molar-refractivity contribution in [1.82, 2.24) is 4.90 Å². The summed E-state index contributed by atoms with van der Waals surface area (Å²) in [6.45, 7) is 3.22. The van der Waals surface area contributed by atoms with Gasteiger partial charge in [0, 0.05) is 24.6 Å². The normalized spacial score (nSPS) is 21.4. The molecule has 1 aliphatic rings. The van der Waals surface area contributed by atoms with Gasteiger partial charge in [-0.2, -0.15) is 0 Å². The van der Waals surface area contributed by atoms with E-state index in [0.29, 0.717) is 11.8 Å². The van der Waals surface area contributed by atoms with Gasteiger partial charge in [-0.25, -0.2) is 0 Å². The van der Waals surface area contributed by atoms with E-state index in [1.807, 2.05) is 12.1 Å². The predicted octanol–water partition coefficient (Wildman–Crippen LogP) is 2.56. The highest BCUT2D eigenvalue weighted by Crippen LogP contribution is 2.35. The molecule has 90 valence electrons. The van der Waals surface area contributed by atoms with Gasteiger partial charge >= 0.3 is 0 Å². The van der Waals surface area contributed by atoms with Gasteiger partial charge < -0.3 is 14.4 Å². The molecule has 0 radical (unpaired) electrons. The number of nitrogens with zero attached hydrogens (tertiary/aromatic N) is 1. The molecule has 1 aromatic carbocycles. The van der Waals surface area contributed by atoms with E-state index in [4.69, 9.17) is 4.42 Å². The smallest absolute Gasteiger partial charge is 0.138 e. The molecule has 0 spiro atoms. The van der Waals surface area contributed by atoms with E-state index in [2.05, 4.69) is 18.9 Å². The molecule has 1 N–H and O–H groups in total. The van der Waals surface area contributed by atoms with Crippen molar-refractivity contribution in [2.75, 3.05) is 13.6 Å². The first-order valence-electron chi connectivity index (χ1n) is 6.09. The Labute approximate surface area is 101 Å². The van der Waals surface area contributed by atoms with Crippen LogP contribution in [0.2, 0.25) is 0 Å². The van der Waals surface area contributed by atoms with Crippen LogP contribution in [0.15, 0.2) is 22.6 Å². The Hall–Kier alpha value is -1.48. The van der Waals surface area contributed by atoms with E-state index in [1.165, 1.54) is 5.56 Å². The number of hydrogen-bond acceptors (Lipinski definition) is 3. The summed E-state index contributed by atoms with van der Waals surface area (Å²) in [5.74, 6) is 1.38. The highest BCUT2D eigenvalue weighted by molar-refractivity contribution is 5.88. The summed E-state index contributed by atoms with van der Waals surface area (Å²) in [5.41, 5.74) is 2.00. The zero-order chi connectivity index (χ0) is 12.0. The molecule has 3 rings (SSSR count). The van der Waals surface area contributed by atoms with Gasteiger partial charge in [-0.3, -0.25) is 0 Å². The van der Waals surface area contributed by atoms with Crippen LogP contribution in [-0.2, 0) is 12.8 Å². The average Bonchev–Trinajstić information content (AvgIpc) is 2.58. The summed E-state index contributed by atoms with van der Waals surface area (Å²) in [6, 6.07) is 5.98. The standard InChI is InChI=1S/C14H17NO2/c1-9-8-13-10(6-7-15(9)2)14-11(16)4-3-5-12(14)17-13/h3-5,9,16H,6-8H2,1-2H3. The summed E-state index contributed by atoms with van der Waals surface area (Å²) < 4.78 is 5.88. The Morgan fingerprint density at radius 2 is 2.24 bits per heavy atom. The van der Waals surface area contributed by atoms with Crippen molar-refractivity contribution in [3.63, 3.8) is 0 Å². The predicted molar refractivity (Wildman–Crippen MR) is 67.4 cm³/mol. The van der Waals surface area contributed by atoms with Crippen LogP contribution in [0.5, 0.6) is 5.75 Å². The lowest BCUT2D eigenvalue weighted by molar-refractivity contribution is 0.262. The van der Waals surface area contributed by atoms with Crippen LogP contribution >= 0.6 is 0 Å².